The molecule has 106 valence electrons. The molecule has 0 aliphatic heterocycles. The van der Waals surface area contributed by atoms with E-state index in [9.17, 15) is 0 Å². The number of para-hydroxylation sites is 1. The first kappa shape index (κ1) is 14.5. The summed E-state index contributed by atoms with van der Waals surface area (Å²) >= 11 is 7.02. The molecule has 2 nitrogen and oxygen atoms in total. The van der Waals surface area contributed by atoms with Crippen LogP contribution in [0, 0.1) is 6.92 Å². The Labute approximate surface area is 140 Å². The molecule has 0 saturated carbocycles. The quantitative estimate of drug-likeness (QED) is 0.498. The molecule has 0 spiro atoms. The van der Waals surface area contributed by atoms with Crippen molar-refractivity contribution < 1.29 is 4.74 Å². The SMILES string of the molecule is Cc1ccc2cccc(Oc3ccc(CBr)c(Br)c3)c2n1. The Morgan fingerprint density at radius 3 is 2.71 bits per heavy atom. The molecule has 0 aliphatic rings. The van der Waals surface area contributed by atoms with Crippen LogP contribution in [0.5, 0.6) is 11.5 Å². The van der Waals surface area contributed by atoms with Gasteiger partial charge in [-0.3, -0.25) is 0 Å². The molecule has 0 amide bonds. The minimum atomic E-state index is 0.773. The summed E-state index contributed by atoms with van der Waals surface area (Å²) in [6.07, 6.45) is 0. The third-order valence-electron chi connectivity index (χ3n) is 3.22. The van der Waals surface area contributed by atoms with Gasteiger partial charge in [0.2, 0.25) is 0 Å². The molecule has 2 aromatic carbocycles. The largest absolute Gasteiger partial charge is 0.455 e. The first-order valence-electron chi connectivity index (χ1n) is 6.56. The molecule has 21 heavy (non-hydrogen) atoms. The number of alkyl halides is 1. The number of rotatable bonds is 3. The van der Waals surface area contributed by atoms with Gasteiger partial charge in [0.1, 0.15) is 11.3 Å². The molecule has 0 atom stereocenters. The van der Waals surface area contributed by atoms with Gasteiger partial charge in [0.05, 0.1) is 0 Å². The van der Waals surface area contributed by atoms with Crippen LogP contribution in [0.2, 0.25) is 0 Å². The van der Waals surface area contributed by atoms with Crippen LogP contribution in [0.3, 0.4) is 0 Å². The minimum Gasteiger partial charge on any atom is -0.455 e. The highest BCUT2D eigenvalue weighted by Gasteiger charge is 2.07. The van der Waals surface area contributed by atoms with Crippen molar-refractivity contribution in [2.24, 2.45) is 0 Å². The molecule has 0 radical (unpaired) electrons. The average Bonchev–Trinajstić information content (AvgIpc) is 2.48. The fourth-order valence-electron chi connectivity index (χ4n) is 2.13. The topological polar surface area (TPSA) is 22.1 Å². The Balaban J connectivity index is 2.01. The lowest BCUT2D eigenvalue weighted by Gasteiger charge is -2.10. The number of halogens is 2. The van der Waals surface area contributed by atoms with Crippen LogP contribution in [-0.2, 0) is 5.33 Å². The maximum absolute atomic E-state index is 6.02. The molecular weight excluding hydrogens is 394 g/mol. The first-order chi connectivity index (χ1) is 10.2. The van der Waals surface area contributed by atoms with Gasteiger partial charge in [0, 0.05) is 20.9 Å². The van der Waals surface area contributed by atoms with Crippen molar-refractivity contribution in [3.63, 3.8) is 0 Å². The smallest absolute Gasteiger partial charge is 0.153 e. The van der Waals surface area contributed by atoms with E-state index in [1.807, 2.05) is 49.4 Å². The van der Waals surface area contributed by atoms with Crippen molar-refractivity contribution in [1.82, 2.24) is 4.98 Å². The molecule has 0 aliphatic carbocycles. The van der Waals surface area contributed by atoms with E-state index >= 15 is 0 Å². The van der Waals surface area contributed by atoms with Gasteiger partial charge in [-0.15, -0.1) is 0 Å². The van der Waals surface area contributed by atoms with E-state index in [1.54, 1.807) is 0 Å². The van der Waals surface area contributed by atoms with Crippen LogP contribution in [0.25, 0.3) is 10.9 Å². The first-order valence-corrected chi connectivity index (χ1v) is 8.47. The lowest BCUT2D eigenvalue weighted by atomic mass is 10.2. The van der Waals surface area contributed by atoms with Crippen LogP contribution in [0.15, 0.2) is 53.0 Å². The summed E-state index contributed by atoms with van der Waals surface area (Å²) in [7, 11) is 0. The molecule has 0 unspecified atom stereocenters. The second kappa shape index (κ2) is 6.16. The van der Waals surface area contributed by atoms with Gasteiger partial charge < -0.3 is 4.74 Å². The molecule has 3 aromatic rings. The standard InChI is InChI=1S/C17H13Br2NO/c1-11-5-6-12-3-2-4-16(17(12)20-11)21-14-8-7-13(10-18)15(19)9-14/h2-9H,10H2,1H3. The van der Waals surface area contributed by atoms with E-state index in [-0.39, 0.29) is 0 Å². The monoisotopic (exact) mass is 405 g/mol. The summed E-state index contributed by atoms with van der Waals surface area (Å²) in [4.78, 5) is 4.58. The summed E-state index contributed by atoms with van der Waals surface area (Å²) in [5.74, 6) is 1.57. The predicted octanol–water partition coefficient (Wildman–Crippen LogP) is 5.99. The lowest BCUT2D eigenvalue weighted by molar-refractivity contribution is 0.486. The molecule has 0 saturated heterocycles. The maximum atomic E-state index is 6.02. The van der Waals surface area contributed by atoms with Gasteiger partial charge in [0.25, 0.3) is 0 Å². The predicted molar refractivity (Wildman–Crippen MR) is 93.3 cm³/mol. The maximum Gasteiger partial charge on any atom is 0.153 e. The summed E-state index contributed by atoms with van der Waals surface area (Å²) < 4.78 is 7.05. The molecule has 1 aromatic heterocycles. The van der Waals surface area contributed by atoms with Gasteiger partial charge in [-0.05, 0) is 36.8 Å². The van der Waals surface area contributed by atoms with Crippen molar-refractivity contribution in [1.29, 1.82) is 0 Å². The fraction of sp³-hybridized carbons (Fsp3) is 0.118. The number of ether oxygens (including phenoxy) is 1. The Hall–Kier alpha value is -1.39. The van der Waals surface area contributed by atoms with Crippen molar-refractivity contribution in [3.05, 3.63) is 64.3 Å². The number of nitrogens with zero attached hydrogens (tertiary/aromatic N) is 1. The zero-order valence-electron chi connectivity index (χ0n) is 11.4. The molecule has 3 rings (SSSR count). The van der Waals surface area contributed by atoms with Crippen LogP contribution in [0.4, 0.5) is 0 Å². The van der Waals surface area contributed by atoms with Crippen molar-refractivity contribution >= 4 is 42.8 Å². The van der Waals surface area contributed by atoms with Crippen molar-refractivity contribution in [2.75, 3.05) is 0 Å². The van der Waals surface area contributed by atoms with E-state index in [0.717, 1.165) is 37.9 Å². The lowest BCUT2D eigenvalue weighted by Crippen LogP contribution is -1.90. The van der Waals surface area contributed by atoms with Crippen molar-refractivity contribution in [2.45, 2.75) is 12.3 Å². The number of fused-ring (bicyclic) bond motifs is 1. The van der Waals surface area contributed by atoms with E-state index in [4.69, 9.17) is 4.74 Å². The zero-order chi connectivity index (χ0) is 14.8. The highest BCUT2D eigenvalue weighted by Crippen LogP contribution is 2.31. The molecule has 4 heteroatoms. The fourth-order valence-corrected chi connectivity index (χ4v) is 3.49. The Morgan fingerprint density at radius 1 is 1.10 bits per heavy atom. The molecule has 0 fully saturated rings. The number of aryl methyl sites for hydroxylation is 1. The Kier molecular flexibility index (Phi) is 4.27. The van der Waals surface area contributed by atoms with E-state index in [1.165, 1.54) is 5.56 Å². The van der Waals surface area contributed by atoms with Gasteiger partial charge in [-0.2, -0.15) is 0 Å². The molecular formula is C17H13Br2NO. The summed E-state index contributed by atoms with van der Waals surface area (Å²) in [6, 6.07) is 16.0. The third kappa shape index (κ3) is 3.11. The number of benzene rings is 2. The van der Waals surface area contributed by atoms with Crippen LogP contribution < -0.4 is 4.74 Å². The number of pyridine rings is 1. The number of aromatic nitrogens is 1. The van der Waals surface area contributed by atoms with Gasteiger partial charge in [-0.25, -0.2) is 4.98 Å². The molecule has 0 bridgehead atoms. The van der Waals surface area contributed by atoms with Gasteiger partial charge >= 0.3 is 0 Å². The van der Waals surface area contributed by atoms with E-state index in [0.29, 0.717) is 0 Å². The molecule has 1 heterocycles. The van der Waals surface area contributed by atoms with Gasteiger partial charge in [0.15, 0.2) is 5.75 Å². The van der Waals surface area contributed by atoms with Crippen LogP contribution in [-0.4, -0.2) is 4.98 Å². The van der Waals surface area contributed by atoms with E-state index in [2.05, 4.69) is 42.9 Å². The normalized spacial score (nSPS) is 10.8. The number of hydrogen-bond donors (Lipinski definition) is 0. The molecule has 0 N–H and O–H groups in total. The Morgan fingerprint density at radius 2 is 1.95 bits per heavy atom. The second-order valence-electron chi connectivity index (χ2n) is 4.77. The number of hydrogen-bond acceptors (Lipinski definition) is 2. The van der Waals surface area contributed by atoms with Crippen LogP contribution >= 0.6 is 31.9 Å². The average molecular weight is 407 g/mol. The minimum absolute atomic E-state index is 0.773. The van der Waals surface area contributed by atoms with E-state index < -0.39 is 0 Å². The second-order valence-corrected chi connectivity index (χ2v) is 6.18. The summed E-state index contributed by atoms with van der Waals surface area (Å²) in [5.41, 5.74) is 3.06. The third-order valence-corrected chi connectivity index (χ3v) is 4.56. The zero-order valence-corrected chi connectivity index (χ0v) is 14.6. The highest BCUT2D eigenvalue weighted by atomic mass is 79.9. The summed E-state index contributed by atoms with van der Waals surface area (Å²) in [5, 5.41) is 1.89. The van der Waals surface area contributed by atoms with Crippen LogP contribution in [0.1, 0.15) is 11.3 Å². The van der Waals surface area contributed by atoms with Crippen molar-refractivity contribution in [3.8, 4) is 11.5 Å². The summed E-state index contributed by atoms with van der Waals surface area (Å²) in [6.45, 7) is 1.98. The Bertz CT molecular complexity index is 802. The highest BCUT2D eigenvalue weighted by molar-refractivity contribution is 9.10. The van der Waals surface area contributed by atoms with Gasteiger partial charge in [-0.1, -0.05) is 56.1 Å².